The summed E-state index contributed by atoms with van der Waals surface area (Å²) in [6, 6.07) is 38.0. The third-order valence-electron chi connectivity index (χ3n) is 7.55. The van der Waals surface area contributed by atoms with Crippen LogP contribution in [-0.4, -0.2) is 0 Å². The lowest BCUT2D eigenvalue weighted by Crippen LogP contribution is -2.14. The molecule has 1 aliphatic rings. The van der Waals surface area contributed by atoms with Gasteiger partial charge in [0.15, 0.2) is 0 Å². The fourth-order valence-corrected chi connectivity index (χ4v) is 7.57. The number of benzene rings is 5. The van der Waals surface area contributed by atoms with Gasteiger partial charge in [-0.15, -0.1) is 11.3 Å². The Morgan fingerprint density at radius 1 is 0.543 bits per heavy atom. The maximum atomic E-state index is 3.65. The maximum Gasteiger partial charge on any atom is 0.0434 e. The predicted octanol–water partition coefficient (Wildman–Crippen LogP) is 10.5. The van der Waals surface area contributed by atoms with Crippen molar-refractivity contribution in [1.29, 1.82) is 0 Å². The molecule has 6 aromatic rings. The lowest BCUT2D eigenvalue weighted by molar-refractivity contribution is 0.660. The summed E-state index contributed by atoms with van der Waals surface area (Å²) in [5.74, 6) is 0. The second-order valence-corrected chi connectivity index (χ2v) is 11.8. The zero-order valence-corrected chi connectivity index (χ0v) is 22.0. The summed E-state index contributed by atoms with van der Waals surface area (Å²) in [7, 11) is 0. The minimum Gasteiger partial charge on any atom is -0.134 e. The van der Waals surface area contributed by atoms with Crippen molar-refractivity contribution in [3.63, 3.8) is 0 Å². The van der Waals surface area contributed by atoms with Crippen molar-refractivity contribution in [3.05, 3.63) is 119 Å². The zero-order chi connectivity index (χ0) is 23.7. The average Bonchev–Trinajstić information content (AvgIpc) is 3.37. The summed E-state index contributed by atoms with van der Waals surface area (Å²) < 4.78 is 3.82. The van der Waals surface area contributed by atoms with E-state index in [0.29, 0.717) is 0 Å². The monoisotopic (exact) mass is 530 g/mol. The lowest BCUT2D eigenvalue weighted by atomic mass is 9.81. The SMILES string of the molecule is CC1(C)c2ccccc2-c2ccc(-c3cccc4c3sc3c(-c5cccc(Br)c5)cccc34)cc21. The van der Waals surface area contributed by atoms with Gasteiger partial charge in [0.2, 0.25) is 0 Å². The molecular formula is C33H23BrS. The Morgan fingerprint density at radius 2 is 1.14 bits per heavy atom. The van der Waals surface area contributed by atoms with E-state index >= 15 is 0 Å². The number of hydrogen-bond donors (Lipinski definition) is 0. The molecule has 0 nitrogen and oxygen atoms in total. The Bertz CT molecular complexity index is 1790. The van der Waals surface area contributed by atoms with E-state index in [9.17, 15) is 0 Å². The molecule has 0 amide bonds. The molecule has 7 rings (SSSR count). The third kappa shape index (κ3) is 3.10. The highest BCUT2D eigenvalue weighted by Gasteiger charge is 2.35. The van der Waals surface area contributed by atoms with Gasteiger partial charge in [-0.3, -0.25) is 0 Å². The van der Waals surface area contributed by atoms with Crippen LogP contribution in [0.5, 0.6) is 0 Å². The summed E-state index contributed by atoms with van der Waals surface area (Å²) >= 11 is 5.56. The first-order valence-electron chi connectivity index (χ1n) is 12.0. The molecule has 0 atom stereocenters. The molecular weight excluding hydrogens is 508 g/mol. The van der Waals surface area contributed by atoms with E-state index in [1.165, 1.54) is 64.7 Å². The molecule has 0 radical (unpaired) electrons. The number of fused-ring (bicyclic) bond motifs is 6. The minimum absolute atomic E-state index is 0.00383. The van der Waals surface area contributed by atoms with E-state index in [4.69, 9.17) is 0 Å². The minimum atomic E-state index is 0.00383. The van der Waals surface area contributed by atoms with Gasteiger partial charge in [0.1, 0.15) is 0 Å². The Balaban J connectivity index is 1.45. The van der Waals surface area contributed by atoms with E-state index in [1.807, 2.05) is 11.3 Å². The summed E-state index contributed by atoms with van der Waals surface area (Å²) in [6.45, 7) is 4.71. The average molecular weight is 532 g/mol. The van der Waals surface area contributed by atoms with Crippen LogP contribution < -0.4 is 0 Å². The smallest absolute Gasteiger partial charge is 0.0434 e. The van der Waals surface area contributed by atoms with Crippen molar-refractivity contribution in [3.8, 4) is 33.4 Å². The lowest BCUT2D eigenvalue weighted by Gasteiger charge is -2.22. The molecule has 1 aromatic heterocycles. The Hall–Kier alpha value is -3.20. The molecule has 0 spiro atoms. The van der Waals surface area contributed by atoms with Crippen LogP contribution in [0.15, 0.2) is 108 Å². The van der Waals surface area contributed by atoms with Crippen molar-refractivity contribution in [2.75, 3.05) is 0 Å². The molecule has 5 aromatic carbocycles. The summed E-state index contributed by atoms with van der Waals surface area (Å²) in [4.78, 5) is 0. The number of halogens is 1. The predicted molar refractivity (Wildman–Crippen MR) is 155 cm³/mol. The fraction of sp³-hybridized carbons (Fsp3) is 0.0909. The van der Waals surface area contributed by atoms with Crippen LogP contribution in [0.25, 0.3) is 53.6 Å². The number of hydrogen-bond acceptors (Lipinski definition) is 1. The molecule has 0 saturated heterocycles. The Morgan fingerprint density at radius 3 is 1.86 bits per heavy atom. The second-order valence-electron chi connectivity index (χ2n) is 9.91. The van der Waals surface area contributed by atoms with Crippen LogP contribution in [-0.2, 0) is 5.41 Å². The molecule has 0 bridgehead atoms. The van der Waals surface area contributed by atoms with E-state index in [2.05, 4.69) is 133 Å². The van der Waals surface area contributed by atoms with Gasteiger partial charge in [-0.1, -0.05) is 115 Å². The highest BCUT2D eigenvalue weighted by molar-refractivity contribution is 9.10. The van der Waals surface area contributed by atoms with Gasteiger partial charge in [-0.2, -0.15) is 0 Å². The van der Waals surface area contributed by atoms with Crippen molar-refractivity contribution in [1.82, 2.24) is 0 Å². The van der Waals surface area contributed by atoms with Crippen LogP contribution in [0.2, 0.25) is 0 Å². The molecule has 1 aliphatic carbocycles. The normalized spacial score (nSPS) is 13.8. The molecule has 168 valence electrons. The highest BCUT2D eigenvalue weighted by Crippen LogP contribution is 2.50. The van der Waals surface area contributed by atoms with Crippen molar-refractivity contribution < 1.29 is 0 Å². The summed E-state index contributed by atoms with van der Waals surface area (Å²) in [5.41, 5.74) is 10.7. The third-order valence-corrected chi connectivity index (χ3v) is 9.34. The molecule has 1 heterocycles. The van der Waals surface area contributed by atoms with Gasteiger partial charge in [-0.25, -0.2) is 0 Å². The maximum absolute atomic E-state index is 3.65. The van der Waals surface area contributed by atoms with Crippen LogP contribution in [0.1, 0.15) is 25.0 Å². The summed E-state index contributed by atoms with van der Waals surface area (Å²) in [5, 5.41) is 2.67. The van der Waals surface area contributed by atoms with E-state index < -0.39 is 0 Å². The van der Waals surface area contributed by atoms with Gasteiger partial charge < -0.3 is 0 Å². The molecule has 2 heteroatoms. The largest absolute Gasteiger partial charge is 0.134 e. The molecule has 0 unspecified atom stereocenters. The summed E-state index contributed by atoms with van der Waals surface area (Å²) in [6.07, 6.45) is 0. The second kappa shape index (κ2) is 7.65. The number of rotatable bonds is 2. The van der Waals surface area contributed by atoms with E-state index in [1.54, 1.807) is 0 Å². The van der Waals surface area contributed by atoms with Crippen LogP contribution in [0.4, 0.5) is 0 Å². The molecule has 35 heavy (non-hydrogen) atoms. The van der Waals surface area contributed by atoms with Crippen LogP contribution >= 0.6 is 27.3 Å². The van der Waals surface area contributed by atoms with E-state index in [0.717, 1.165) is 4.47 Å². The van der Waals surface area contributed by atoms with Gasteiger partial charge in [0, 0.05) is 30.1 Å². The topological polar surface area (TPSA) is 0 Å². The zero-order valence-electron chi connectivity index (χ0n) is 19.6. The Labute approximate surface area is 218 Å². The quantitative estimate of drug-likeness (QED) is 0.209. The number of thiophene rings is 1. The molecule has 0 aliphatic heterocycles. The van der Waals surface area contributed by atoms with Crippen molar-refractivity contribution in [2.24, 2.45) is 0 Å². The molecule has 0 N–H and O–H groups in total. The van der Waals surface area contributed by atoms with Crippen molar-refractivity contribution in [2.45, 2.75) is 19.3 Å². The van der Waals surface area contributed by atoms with Crippen LogP contribution in [0, 0.1) is 0 Å². The first-order valence-corrected chi connectivity index (χ1v) is 13.6. The van der Waals surface area contributed by atoms with Gasteiger partial charge in [0.25, 0.3) is 0 Å². The van der Waals surface area contributed by atoms with Gasteiger partial charge in [-0.05, 0) is 62.7 Å². The first kappa shape index (κ1) is 21.1. The van der Waals surface area contributed by atoms with Crippen LogP contribution in [0.3, 0.4) is 0 Å². The first-order chi connectivity index (χ1) is 17.0. The van der Waals surface area contributed by atoms with E-state index in [-0.39, 0.29) is 5.41 Å². The Kier molecular flexibility index (Phi) is 4.61. The highest BCUT2D eigenvalue weighted by atomic mass is 79.9. The molecule has 0 fully saturated rings. The van der Waals surface area contributed by atoms with Gasteiger partial charge >= 0.3 is 0 Å². The van der Waals surface area contributed by atoms with Gasteiger partial charge in [0.05, 0.1) is 0 Å². The molecule has 0 saturated carbocycles. The standard InChI is InChI=1S/C33H23BrS/c1-33(2)29-15-4-3-10-25(29)26-17-16-21(19-30(26)33)24-12-7-14-28-27-13-6-11-23(31(27)35-32(24)28)20-8-5-9-22(34)18-20/h3-19H,1-2H3. The fourth-order valence-electron chi connectivity index (χ4n) is 5.80. The van der Waals surface area contributed by atoms with Crippen molar-refractivity contribution >= 4 is 47.4 Å².